The van der Waals surface area contributed by atoms with Crippen molar-refractivity contribution in [2.75, 3.05) is 16.8 Å². The maximum Gasteiger partial charge on any atom is 0.372 e. The fourth-order valence-electron chi connectivity index (χ4n) is 1.84. The number of ketones is 1. The molecule has 0 heterocycles. The lowest BCUT2D eigenvalue weighted by Crippen LogP contribution is -2.16. The van der Waals surface area contributed by atoms with Crippen LogP contribution in [-0.2, 0) is 20.8 Å². The summed E-state index contributed by atoms with van der Waals surface area (Å²) in [5.74, 6) is -1.05. The highest BCUT2D eigenvalue weighted by Gasteiger charge is 2.12. The minimum Gasteiger partial charge on any atom is -0.475 e. The highest BCUT2D eigenvalue weighted by atomic mass is 32.2. The van der Waals surface area contributed by atoms with Crippen molar-refractivity contribution in [2.45, 2.75) is 32.6 Å². The highest BCUT2D eigenvalue weighted by Crippen LogP contribution is 2.13. The van der Waals surface area contributed by atoms with Crippen LogP contribution in [0.4, 0.5) is 5.69 Å². The number of aliphatic carboxylic acids is 1. The third-order valence-electron chi connectivity index (χ3n) is 2.94. The second-order valence-corrected chi connectivity index (χ2v) is 6.02. The Morgan fingerprint density at radius 3 is 2.68 bits per heavy atom. The molecule has 120 valence electrons. The number of benzene rings is 1. The van der Waals surface area contributed by atoms with E-state index in [2.05, 4.69) is 12.2 Å². The van der Waals surface area contributed by atoms with Gasteiger partial charge >= 0.3 is 5.97 Å². The van der Waals surface area contributed by atoms with Gasteiger partial charge in [-0.3, -0.25) is 9.59 Å². The van der Waals surface area contributed by atoms with Crippen LogP contribution in [0, 0.1) is 0 Å². The minimum absolute atomic E-state index is 0.0943. The lowest BCUT2D eigenvalue weighted by Gasteiger charge is -2.07. The number of hydrogen-bond acceptors (Lipinski definition) is 4. The molecule has 0 fully saturated rings. The Hall–Kier alpha value is -1.82. The molecule has 0 bridgehead atoms. The Bertz CT molecular complexity index is 531. The summed E-state index contributed by atoms with van der Waals surface area (Å²) in [4.78, 5) is 33.5. The average Bonchev–Trinajstić information content (AvgIpc) is 2.47. The number of hydrogen-bond donors (Lipinski definition) is 2. The zero-order valence-electron chi connectivity index (χ0n) is 12.6. The van der Waals surface area contributed by atoms with E-state index in [4.69, 9.17) is 5.11 Å². The molecule has 1 aromatic rings. The van der Waals surface area contributed by atoms with Crippen molar-refractivity contribution < 1.29 is 19.5 Å². The van der Waals surface area contributed by atoms with Gasteiger partial charge in [0.25, 0.3) is 0 Å². The number of carboxylic acid groups (broad SMARTS) is 1. The van der Waals surface area contributed by atoms with Crippen molar-refractivity contribution in [3.8, 4) is 0 Å². The van der Waals surface area contributed by atoms with Gasteiger partial charge in [0.1, 0.15) is 0 Å². The SMILES string of the molecule is CCCCCSCC(=O)Nc1cccc(CC(=O)C(=O)O)c1. The van der Waals surface area contributed by atoms with Crippen LogP contribution < -0.4 is 5.32 Å². The van der Waals surface area contributed by atoms with Crippen LogP contribution in [0.25, 0.3) is 0 Å². The predicted molar refractivity (Wildman–Crippen MR) is 88.3 cm³/mol. The third kappa shape index (κ3) is 7.26. The molecular weight excluding hydrogens is 302 g/mol. The van der Waals surface area contributed by atoms with E-state index in [-0.39, 0.29) is 12.3 Å². The first-order valence-electron chi connectivity index (χ1n) is 7.25. The Morgan fingerprint density at radius 1 is 1.23 bits per heavy atom. The fraction of sp³-hybridized carbons (Fsp3) is 0.438. The lowest BCUT2D eigenvalue weighted by molar-refractivity contribution is -0.148. The summed E-state index contributed by atoms with van der Waals surface area (Å²) < 4.78 is 0. The Morgan fingerprint density at radius 2 is 2.00 bits per heavy atom. The molecule has 0 aliphatic heterocycles. The number of amides is 1. The summed E-state index contributed by atoms with van der Waals surface area (Å²) in [7, 11) is 0. The molecule has 0 unspecified atom stereocenters. The number of Topliss-reactive ketones (excluding diaryl/α,β-unsaturated/α-hetero) is 1. The minimum atomic E-state index is -1.45. The summed E-state index contributed by atoms with van der Waals surface area (Å²) in [6.07, 6.45) is 3.27. The second kappa shape index (κ2) is 10.00. The van der Waals surface area contributed by atoms with Gasteiger partial charge in [0.15, 0.2) is 0 Å². The van der Waals surface area contributed by atoms with E-state index in [9.17, 15) is 14.4 Å². The molecule has 6 heteroatoms. The highest BCUT2D eigenvalue weighted by molar-refractivity contribution is 7.99. The van der Waals surface area contributed by atoms with Crippen molar-refractivity contribution in [3.63, 3.8) is 0 Å². The molecule has 0 spiro atoms. The van der Waals surface area contributed by atoms with Gasteiger partial charge in [0.2, 0.25) is 11.7 Å². The van der Waals surface area contributed by atoms with Gasteiger partial charge in [-0.2, -0.15) is 11.8 Å². The van der Waals surface area contributed by atoms with Crippen LogP contribution in [-0.4, -0.2) is 34.3 Å². The molecule has 0 aliphatic carbocycles. The van der Waals surface area contributed by atoms with Crippen molar-refractivity contribution in [3.05, 3.63) is 29.8 Å². The summed E-state index contributed by atoms with van der Waals surface area (Å²) >= 11 is 1.60. The van der Waals surface area contributed by atoms with Gasteiger partial charge in [-0.1, -0.05) is 31.9 Å². The van der Waals surface area contributed by atoms with Crippen molar-refractivity contribution >= 4 is 35.1 Å². The number of rotatable bonds is 10. The van der Waals surface area contributed by atoms with Crippen LogP contribution in [0.2, 0.25) is 0 Å². The molecule has 2 N–H and O–H groups in total. The number of carbonyl (C=O) groups is 3. The second-order valence-electron chi connectivity index (χ2n) is 4.91. The van der Waals surface area contributed by atoms with Gasteiger partial charge in [-0.15, -0.1) is 0 Å². The summed E-state index contributed by atoms with van der Waals surface area (Å²) in [6.45, 7) is 2.14. The molecule has 22 heavy (non-hydrogen) atoms. The molecular formula is C16H21NO4S. The first kappa shape index (κ1) is 18.2. The van der Waals surface area contributed by atoms with E-state index < -0.39 is 11.8 Å². The summed E-state index contributed by atoms with van der Waals surface area (Å²) in [5, 5.41) is 11.4. The van der Waals surface area contributed by atoms with Crippen LogP contribution in [0.5, 0.6) is 0 Å². The van der Waals surface area contributed by atoms with Crippen molar-refractivity contribution in [1.29, 1.82) is 0 Å². The van der Waals surface area contributed by atoms with Crippen LogP contribution in [0.3, 0.4) is 0 Å². The first-order chi connectivity index (χ1) is 10.5. The molecule has 5 nitrogen and oxygen atoms in total. The topological polar surface area (TPSA) is 83.5 Å². The van der Waals surface area contributed by atoms with E-state index in [1.807, 2.05) is 0 Å². The van der Waals surface area contributed by atoms with E-state index in [1.165, 1.54) is 6.42 Å². The van der Waals surface area contributed by atoms with Crippen LogP contribution in [0.1, 0.15) is 31.7 Å². The third-order valence-corrected chi connectivity index (χ3v) is 3.98. The molecule has 0 saturated carbocycles. The van der Waals surface area contributed by atoms with Gasteiger partial charge in [0, 0.05) is 12.1 Å². The van der Waals surface area contributed by atoms with Crippen molar-refractivity contribution in [1.82, 2.24) is 0 Å². The van der Waals surface area contributed by atoms with Gasteiger partial charge in [-0.05, 0) is 29.9 Å². The zero-order chi connectivity index (χ0) is 16.4. The number of unbranched alkanes of at least 4 members (excludes halogenated alkanes) is 2. The van der Waals surface area contributed by atoms with Crippen LogP contribution >= 0.6 is 11.8 Å². The largest absolute Gasteiger partial charge is 0.475 e. The zero-order valence-corrected chi connectivity index (χ0v) is 13.4. The number of nitrogens with one attached hydrogen (secondary N) is 1. The van der Waals surface area contributed by atoms with E-state index in [0.717, 1.165) is 18.6 Å². The van der Waals surface area contributed by atoms with E-state index in [0.29, 0.717) is 17.0 Å². The number of anilines is 1. The quantitative estimate of drug-likeness (QED) is 0.511. The molecule has 0 radical (unpaired) electrons. The maximum absolute atomic E-state index is 11.8. The van der Waals surface area contributed by atoms with Gasteiger partial charge in [0.05, 0.1) is 5.75 Å². The number of carbonyl (C=O) groups excluding carboxylic acids is 2. The Balaban J connectivity index is 2.43. The van der Waals surface area contributed by atoms with Gasteiger partial charge in [-0.25, -0.2) is 4.79 Å². The van der Waals surface area contributed by atoms with E-state index in [1.54, 1.807) is 36.0 Å². The predicted octanol–water partition coefficient (Wildman–Crippen LogP) is 2.74. The Kier molecular flexibility index (Phi) is 8.28. The van der Waals surface area contributed by atoms with Crippen LogP contribution in [0.15, 0.2) is 24.3 Å². The fourth-order valence-corrected chi connectivity index (χ4v) is 2.65. The molecule has 0 aromatic heterocycles. The average molecular weight is 323 g/mol. The van der Waals surface area contributed by atoms with Crippen molar-refractivity contribution in [2.24, 2.45) is 0 Å². The molecule has 0 saturated heterocycles. The first-order valence-corrected chi connectivity index (χ1v) is 8.41. The lowest BCUT2D eigenvalue weighted by atomic mass is 10.1. The molecule has 0 atom stereocenters. The molecule has 1 amide bonds. The summed E-state index contributed by atoms with van der Waals surface area (Å²) in [6, 6.07) is 6.69. The van der Waals surface area contributed by atoms with E-state index >= 15 is 0 Å². The molecule has 1 rings (SSSR count). The van der Waals surface area contributed by atoms with Gasteiger partial charge < -0.3 is 10.4 Å². The Labute approximate surface area is 134 Å². The number of thioether (sulfide) groups is 1. The molecule has 0 aliphatic rings. The monoisotopic (exact) mass is 323 g/mol. The maximum atomic E-state index is 11.8. The summed E-state index contributed by atoms with van der Waals surface area (Å²) in [5.41, 5.74) is 1.15. The smallest absolute Gasteiger partial charge is 0.372 e. The molecule has 1 aromatic carbocycles. The standard InChI is InChI=1S/C16H21NO4S/c1-2-3-4-8-22-11-15(19)17-13-7-5-6-12(9-13)10-14(18)16(20)21/h5-7,9H,2-4,8,10-11H2,1H3,(H,17,19)(H,20,21). The normalized spacial score (nSPS) is 10.2. The number of carboxylic acids is 1.